The van der Waals surface area contributed by atoms with Crippen molar-refractivity contribution in [3.05, 3.63) is 17.9 Å². The molecule has 0 aromatic heterocycles. The Balaban J connectivity index is 2.90. The van der Waals surface area contributed by atoms with Gasteiger partial charge in [0.2, 0.25) is 0 Å². The van der Waals surface area contributed by atoms with E-state index >= 15 is 0 Å². The molecule has 84 valence electrons. The third kappa shape index (κ3) is 3.01. The third-order valence-electron chi connectivity index (χ3n) is 1.83. The summed E-state index contributed by atoms with van der Waals surface area (Å²) in [7, 11) is 0. The van der Waals surface area contributed by atoms with Gasteiger partial charge in [-0.1, -0.05) is 6.92 Å². The molecule has 0 atom stereocenters. The molecule has 0 aliphatic rings. The van der Waals surface area contributed by atoms with Crippen molar-refractivity contribution in [2.75, 3.05) is 18.9 Å². The van der Waals surface area contributed by atoms with Crippen LogP contribution in [0.5, 0.6) is 11.5 Å². The van der Waals surface area contributed by atoms with Gasteiger partial charge < -0.3 is 15.2 Å². The molecular formula is C11H16FNO2. The Kier molecular flexibility index (Phi) is 4.21. The fraction of sp³-hybridized carbons (Fsp3) is 0.455. The van der Waals surface area contributed by atoms with Crippen LogP contribution in [0.25, 0.3) is 0 Å². The van der Waals surface area contributed by atoms with Gasteiger partial charge in [0.1, 0.15) is 5.75 Å². The van der Waals surface area contributed by atoms with Crippen molar-refractivity contribution in [1.82, 2.24) is 0 Å². The maximum atomic E-state index is 13.3. The van der Waals surface area contributed by atoms with E-state index in [-0.39, 0.29) is 5.75 Å². The molecule has 0 radical (unpaired) electrons. The highest BCUT2D eigenvalue weighted by Gasteiger charge is 2.09. The van der Waals surface area contributed by atoms with Gasteiger partial charge in [-0.25, -0.2) is 4.39 Å². The van der Waals surface area contributed by atoms with E-state index in [2.05, 4.69) is 0 Å². The minimum absolute atomic E-state index is 0.179. The van der Waals surface area contributed by atoms with E-state index in [1.165, 1.54) is 12.1 Å². The van der Waals surface area contributed by atoms with Crippen LogP contribution in [0, 0.1) is 5.82 Å². The fourth-order valence-corrected chi connectivity index (χ4v) is 1.15. The molecular weight excluding hydrogens is 197 g/mol. The van der Waals surface area contributed by atoms with Crippen LogP contribution in [0.4, 0.5) is 10.1 Å². The van der Waals surface area contributed by atoms with Crippen molar-refractivity contribution < 1.29 is 13.9 Å². The maximum absolute atomic E-state index is 13.3. The first kappa shape index (κ1) is 11.6. The average molecular weight is 213 g/mol. The lowest BCUT2D eigenvalue weighted by molar-refractivity contribution is 0.302. The second-order valence-electron chi connectivity index (χ2n) is 3.10. The zero-order valence-corrected chi connectivity index (χ0v) is 9.05. The van der Waals surface area contributed by atoms with Crippen molar-refractivity contribution in [2.24, 2.45) is 0 Å². The second-order valence-corrected chi connectivity index (χ2v) is 3.10. The van der Waals surface area contributed by atoms with Crippen LogP contribution in [-0.2, 0) is 0 Å². The summed E-state index contributed by atoms with van der Waals surface area (Å²) in [6.45, 7) is 4.75. The Morgan fingerprint density at radius 1 is 1.20 bits per heavy atom. The van der Waals surface area contributed by atoms with Crippen molar-refractivity contribution in [1.29, 1.82) is 0 Å². The number of ether oxygens (including phenoxy) is 2. The molecule has 0 aliphatic carbocycles. The van der Waals surface area contributed by atoms with Gasteiger partial charge in [-0.2, -0.15) is 0 Å². The summed E-state index contributed by atoms with van der Waals surface area (Å²) in [5, 5.41) is 0. The molecule has 0 saturated carbocycles. The van der Waals surface area contributed by atoms with Crippen LogP contribution in [0.15, 0.2) is 12.1 Å². The highest BCUT2D eigenvalue weighted by atomic mass is 19.1. The lowest BCUT2D eigenvalue weighted by atomic mass is 10.2. The zero-order chi connectivity index (χ0) is 11.3. The van der Waals surface area contributed by atoms with Crippen LogP contribution in [0.3, 0.4) is 0 Å². The first-order valence-corrected chi connectivity index (χ1v) is 5.03. The van der Waals surface area contributed by atoms with Gasteiger partial charge in [-0.15, -0.1) is 0 Å². The van der Waals surface area contributed by atoms with Crippen LogP contribution in [-0.4, -0.2) is 13.2 Å². The molecule has 3 nitrogen and oxygen atoms in total. The Hall–Kier alpha value is -1.45. The molecule has 1 aromatic rings. The molecule has 2 N–H and O–H groups in total. The van der Waals surface area contributed by atoms with Crippen molar-refractivity contribution in [3.8, 4) is 11.5 Å². The lowest BCUT2D eigenvalue weighted by Crippen LogP contribution is -2.02. The first-order chi connectivity index (χ1) is 7.19. The van der Waals surface area contributed by atoms with Crippen LogP contribution >= 0.6 is 0 Å². The maximum Gasteiger partial charge on any atom is 0.167 e. The number of hydrogen-bond acceptors (Lipinski definition) is 3. The summed E-state index contributed by atoms with van der Waals surface area (Å²) in [6.07, 6.45) is 0.876. The summed E-state index contributed by atoms with van der Waals surface area (Å²) in [5.41, 5.74) is 5.90. The van der Waals surface area contributed by atoms with Gasteiger partial charge in [0.25, 0.3) is 0 Å². The predicted octanol–water partition coefficient (Wildman–Crippen LogP) is 2.60. The number of halogens is 1. The normalized spacial score (nSPS) is 10.1. The Morgan fingerprint density at radius 2 is 1.93 bits per heavy atom. The Morgan fingerprint density at radius 3 is 2.53 bits per heavy atom. The first-order valence-electron chi connectivity index (χ1n) is 5.03. The molecule has 1 rings (SSSR count). The van der Waals surface area contributed by atoms with Crippen molar-refractivity contribution in [3.63, 3.8) is 0 Å². The summed E-state index contributed by atoms with van der Waals surface area (Å²) in [4.78, 5) is 0. The van der Waals surface area contributed by atoms with Crippen LogP contribution < -0.4 is 15.2 Å². The molecule has 0 bridgehead atoms. The highest BCUT2D eigenvalue weighted by molar-refractivity contribution is 5.56. The van der Waals surface area contributed by atoms with E-state index in [4.69, 9.17) is 15.2 Å². The highest BCUT2D eigenvalue weighted by Crippen LogP contribution is 2.30. The van der Waals surface area contributed by atoms with Gasteiger partial charge in [-0.05, 0) is 13.3 Å². The Bertz CT molecular complexity index is 329. The minimum Gasteiger partial charge on any atom is -0.491 e. The molecule has 1 aromatic carbocycles. The third-order valence-corrected chi connectivity index (χ3v) is 1.83. The lowest BCUT2D eigenvalue weighted by Gasteiger charge is -2.11. The van der Waals surface area contributed by atoms with Crippen LogP contribution in [0.1, 0.15) is 20.3 Å². The summed E-state index contributed by atoms with van der Waals surface area (Å²) in [6, 6.07) is 2.71. The molecule has 15 heavy (non-hydrogen) atoms. The second kappa shape index (κ2) is 5.44. The Labute approximate surface area is 89.0 Å². The molecule has 0 aliphatic heterocycles. The summed E-state index contributed by atoms with van der Waals surface area (Å²) < 4.78 is 23.7. The van der Waals surface area contributed by atoms with Gasteiger partial charge in [-0.3, -0.25) is 0 Å². The summed E-state index contributed by atoms with van der Waals surface area (Å²) >= 11 is 0. The van der Waals surface area contributed by atoms with Gasteiger partial charge >= 0.3 is 0 Å². The monoisotopic (exact) mass is 213 g/mol. The van der Waals surface area contributed by atoms with E-state index in [0.717, 1.165) is 6.42 Å². The topological polar surface area (TPSA) is 44.5 Å². The van der Waals surface area contributed by atoms with Gasteiger partial charge in [0.15, 0.2) is 11.6 Å². The summed E-state index contributed by atoms with van der Waals surface area (Å²) in [5.74, 6) is 0.192. The quantitative estimate of drug-likeness (QED) is 0.764. The van der Waals surface area contributed by atoms with E-state index in [1.807, 2.05) is 6.92 Å². The molecule has 0 unspecified atom stereocenters. The largest absolute Gasteiger partial charge is 0.491 e. The van der Waals surface area contributed by atoms with Crippen molar-refractivity contribution in [2.45, 2.75) is 20.3 Å². The molecule has 0 fully saturated rings. The van der Waals surface area contributed by atoms with Gasteiger partial charge in [0, 0.05) is 12.1 Å². The number of rotatable bonds is 5. The smallest absolute Gasteiger partial charge is 0.167 e. The number of benzene rings is 1. The number of anilines is 1. The standard InChI is InChI=1S/C11H16FNO2/c1-3-5-15-11-7-10(14-4-2)8(12)6-9(11)13/h6-7H,3-5,13H2,1-2H3. The number of nitrogens with two attached hydrogens (primary N) is 1. The fourth-order valence-electron chi connectivity index (χ4n) is 1.15. The molecule has 0 spiro atoms. The molecule has 0 saturated heterocycles. The van der Waals surface area contributed by atoms with Gasteiger partial charge in [0.05, 0.1) is 18.9 Å². The van der Waals surface area contributed by atoms with E-state index in [1.54, 1.807) is 6.92 Å². The molecule has 4 heteroatoms. The number of nitrogen functional groups attached to an aromatic ring is 1. The number of hydrogen-bond donors (Lipinski definition) is 1. The molecule has 0 heterocycles. The predicted molar refractivity (Wildman–Crippen MR) is 57.8 cm³/mol. The van der Waals surface area contributed by atoms with Crippen LogP contribution in [0.2, 0.25) is 0 Å². The average Bonchev–Trinajstić information content (AvgIpc) is 2.20. The van der Waals surface area contributed by atoms with E-state index in [9.17, 15) is 4.39 Å². The van der Waals surface area contributed by atoms with Crippen molar-refractivity contribution >= 4 is 5.69 Å². The molecule has 0 amide bonds. The SMILES string of the molecule is CCCOc1cc(OCC)c(F)cc1N. The zero-order valence-electron chi connectivity index (χ0n) is 9.05. The van der Waals surface area contributed by atoms with E-state index in [0.29, 0.717) is 24.7 Å². The van der Waals surface area contributed by atoms with E-state index < -0.39 is 5.82 Å². The minimum atomic E-state index is -0.460.